The topological polar surface area (TPSA) is 61.8 Å². The third-order valence-electron chi connectivity index (χ3n) is 1.25. The number of nitrogens with zero attached hydrogens (tertiary/aromatic N) is 1. The minimum Gasteiger partial charge on any atom is -0.324 e. The van der Waals surface area contributed by atoms with Gasteiger partial charge in [0.1, 0.15) is 11.9 Å². The first kappa shape index (κ1) is 7.51. The van der Waals surface area contributed by atoms with Crippen LogP contribution in [0.25, 0.3) is 0 Å². The molecule has 11 heavy (non-hydrogen) atoms. The van der Waals surface area contributed by atoms with Gasteiger partial charge < -0.3 is 5.43 Å². The van der Waals surface area contributed by atoms with Crippen molar-refractivity contribution in [3.05, 3.63) is 29.6 Å². The first-order chi connectivity index (χ1) is 5.27. The van der Waals surface area contributed by atoms with Crippen LogP contribution in [0.3, 0.4) is 0 Å². The SMILES string of the molecule is N#Cc1cc(NN)ccc1F. The second kappa shape index (κ2) is 2.99. The van der Waals surface area contributed by atoms with Crippen molar-refractivity contribution in [3.63, 3.8) is 0 Å². The van der Waals surface area contributed by atoms with E-state index >= 15 is 0 Å². The summed E-state index contributed by atoms with van der Waals surface area (Å²) < 4.78 is 12.6. The molecule has 1 aromatic carbocycles. The van der Waals surface area contributed by atoms with Crippen LogP contribution < -0.4 is 11.3 Å². The lowest BCUT2D eigenvalue weighted by Gasteiger charge is -1.98. The molecule has 0 unspecified atom stereocenters. The molecule has 0 spiro atoms. The van der Waals surface area contributed by atoms with E-state index in [0.717, 1.165) is 0 Å². The van der Waals surface area contributed by atoms with E-state index in [4.69, 9.17) is 11.1 Å². The fourth-order valence-corrected chi connectivity index (χ4v) is 0.701. The maximum absolute atomic E-state index is 12.6. The summed E-state index contributed by atoms with van der Waals surface area (Å²) in [7, 11) is 0. The maximum atomic E-state index is 12.6. The van der Waals surface area contributed by atoms with Gasteiger partial charge in [0, 0.05) is 5.69 Å². The Hall–Kier alpha value is -1.60. The molecule has 0 saturated heterocycles. The number of hydrazine groups is 1. The monoisotopic (exact) mass is 151 g/mol. The Bertz CT molecular complexity index is 303. The Morgan fingerprint density at radius 2 is 2.27 bits per heavy atom. The molecule has 56 valence electrons. The van der Waals surface area contributed by atoms with Crippen LogP contribution in [0.2, 0.25) is 0 Å². The Morgan fingerprint density at radius 3 is 2.82 bits per heavy atom. The average molecular weight is 151 g/mol. The number of nitriles is 1. The van der Waals surface area contributed by atoms with Gasteiger partial charge in [0.2, 0.25) is 0 Å². The van der Waals surface area contributed by atoms with Gasteiger partial charge >= 0.3 is 0 Å². The highest BCUT2D eigenvalue weighted by molar-refractivity contribution is 5.48. The number of nitrogens with one attached hydrogen (secondary N) is 1. The van der Waals surface area contributed by atoms with Gasteiger partial charge in [-0.1, -0.05) is 0 Å². The van der Waals surface area contributed by atoms with Crippen LogP contribution in [0.4, 0.5) is 10.1 Å². The fraction of sp³-hybridized carbons (Fsp3) is 0. The van der Waals surface area contributed by atoms with Gasteiger partial charge in [-0.3, -0.25) is 5.84 Å². The van der Waals surface area contributed by atoms with Crippen molar-refractivity contribution >= 4 is 5.69 Å². The zero-order valence-electron chi connectivity index (χ0n) is 5.63. The van der Waals surface area contributed by atoms with Crippen molar-refractivity contribution in [1.29, 1.82) is 5.26 Å². The molecule has 1 rings (SSSR count). The zero-order valence-corrected chi connectivity index (χ0v) is 5.63. The van der Waals surface area contributed by atoms with E-state index in [1.807, 2.05) is 0 Å². The van der Waals surface area contributed by atoms with E-state index in [1.54, 1.807) is 6.07 Å². The lowest BCUT2D eigenvalue weighted by Crippen LogP contribution is -2.06. The lowest BCUT2D eigenvalue weighted by atomic mass is 10.2. The van der Waals surface area contributed by atoms with Crippen LogP contribution in [0.1, 0.15) is 5.56 Å². The van der Waals surface area contributed by atoms with Crippen LogP contribution >= 0.6 is 0 Å². The molecule has 0 atom stereocenters. The summed E-state index contributed by atoms with van der Waals surface area (Å²) in [5.41, 5.74) is 2.81. The largest absolute Gasteiger partial charge is 0.324 e. The molecule has 3 nitrogen and oxygen atoms in total. The van der Waals surface area contributed by atoms with Crippen molar-refractivity contribution in [1.82, 2.24) is 0 Å². The Balaban J connectivity index is 3.15. The predicted molar refractivity (Wildman–Crippen MR) is 38.9 cm³/mol. The normalized spacial score (nSPS) is 8.82. The second-order valence-corrected chi connectivity index (χ2v) is 1.95. The van der Waals surface area contributed by atoms with Crippen LogP contribution in [0.15, 0.2) is 18.2 Å². The quantitative estimate of drug-likeness (QED) is 0.464. The third kappa shape index (κ3) is 1.45. The van der Waals surface area contributed by atoms with Crippen LogP contribution in [-0.2, 0) is 0 Å². The number of halogens is 1. The van der Waals surface area contributed by atoms with E-state index in [0.29, 0.717) is 5.69 Å². The molecular weight excluding hydrogens is 145 g/mol. The number of nitrogen functional groups attached to an aromatic ring is 1. The van der Waals surface area contributed by atoms with Gasteiger partial charge in [-0.05, 0) is 18.2 Å². The lowest BCUT2D eigenvalue weighted by molar-refractivity contribution is 0.624. The molecule has 3 N–H and O–H groups in total. The predicted octanol–water partition coefficient (Wildman–Crippen LogP) is 0.983. The van der Waals surface area contributed by atoms with Crippen molar-refractivity contribution in [2.75, 3.05) is 5.43 Å². The minimum atomic E-state index is -0.536. The number of hydrogen-bond donors (Lipinski definition) is 2. The van der Waals surface area contributed by atoms with Gasteiger partial charge in [-0.2, -0.15) is 5.26 Å². The van der Waals surface area contributed by atoms with Gasteiger partial charge in [0.15, 0.2) is 0 Å². The van der Waals surface area contributed by atoms with Crippen LogP contribution in [0.5, 0.6) is 0 Å². The molecule has 0 aromatic heterocycles. The minimum absolute atomic E-state index is 0.0135. The van der Waals surface area contributed by atoms with Gasteiger partial charge in [-0.25, -0.2) is 4.39 Å². The summed E-state index contributed by atoms with van der Waals surface area (Å²) in [5, 5.41) is 8.38. The Labute approximate surface area is 63.2 Å². The van der Waals surface area contributed by atoms with Crippen molar-refractivity contribution in [2.45, 2.75) is 0 Å². The number of nitrogens with two attached hydrogens (primary N) is 1. The molecule has 1 aromatic rings. The average Bonchev–Trinajstić information content (AvgIpc) is 2.05. The van der Waals surface area contributed by atoms with E-state index in [1.165, 1.54) is 18.2 Å². The second-order valence-electron chi connectivity index (χ2n) is 1.95. The summed E-state index contributed by atoms with van der Waals surface area (Å²) in [4.78, 5) is 0. The highest BCUT2D eigenvalue weighted by Crippen LogP contribution is 2.11. The van der Waals surface area contributed by atoms with E-state index < -0.39 is 5.82 Å². The van der Waals surface area contributed by atoms with Crippen molar-refractivity contribution in [2.24, 2.45) is 5.84 Å². The number of hydrogen-bond acceptors (Lipinski definition) is 3. The maximum Gasteiger partial charge on any atom is 0.141 e. The molecule has 0 amide bonds. The molecule has 0 saturated carbocycles. The molecule has 0 heterocycles. The van der Waals surface area contributed by atoms with E-state index in [-0.39, 0.29) is 5.56 Å². The van der Waals surface area contributed by atoms with Gasteiger partial charge in [0.05, 0.1) is 5.56 Å². The zero-order chi connectivity index (χ0) is 8.27. The highest BCUT2D eigenvalue weighted by Gasteiger charge is 2.00. The summed E-state index contributed by atoms with van der Waals surface area (Å²) in [5.74, 6) is 4.51. The number of rotatable bonds is 1. The molecule has 0 bridgehead atoms. The van der Waals surface area contributed by atoms with Crippen LogP contribution in [-0.4, -0.2) is 0 Å². The molecule has 0 aliphatic rings. The molecular formula is C7H6FN3. The smallest absolute Gasteiger partial charge is 0.141 e. The first-order valence-corrected chi connectivity index (χ1v) is 2.94. The molecule has 0 fully saturated rings. The summed E-state index contributed by atoms with van der Waals surface area (Å²) in [6.07, 6.45) is 0. The summed E-state index contributed by atoms with van der Waals surface area (Å²) in [6, 6.07) is 5.68. The van der Waals surface area contributed by atoms with E-state index in [2.05, 4.69) is 5.43 Å². The summed E-state index contributed by atoms with van der Waals surface area (Å²) in [6.45, 7) is 0. The standard InChI is InChI=1S/C7H6FN3/c8-7-2-1-6(11-10)3-5(7)4-9/h1-3,11H,10H2. The first-order valence-electron chi connectivity index (χ1n) is 2.94. The summed E-state index contributed by atoms with van der Waals surface area (Å²) >= 11 is 0. The van der Waals surface area contributed by atoms with Gasteiger partial charge in [0.25, 0.3) is 0 Å². The van der Waals surface area contributed by atoms with Crippen LogP contribution in [0, 0.1) is 17.1 Å². The van der Waals surface area contributed by atoms with Crippen molar-refractivity contribution < 1.29 is 4.39 Å². The fourth-order valence-electron chi connectivity index (χ4n) is 0.701. The number of benzene rings is 1. The number of anilines is 1. The van der Waals surface area contributed by atoms with E-state index in [9.17, 15) is 4.39 Å². The van der Waals surface area contributed by atoms with Gasteiger partial charge in [-0.15, -0.1) is 0 Å². The molecule has 0 aliphatic carbocycles. The molecule has 4 heteroatoms. The molecule has 0 aliphatic heterocycles. The third-order valence-corrected chi connectivity index (χ3v) is 1.25. The highest BCUT2D eigenvalue weighted by atomic mass is 19.1. The van der Waals surface area contributed by atoms with Crippen molar-refractivity contribution in [3.8, 4) is 6.07 Å². The Morgan fingerprint density at radius 1 is 1.55 bits per heavy atom. The Kier molecular flexibility index (Phi) is 2.04. The molecule has 0 radical (unpaired) electrons.